The lowest BCUT2D eigenvalue weighted by Gasteiger charge is -2.20. The summed E-state index contributed by atoms with van der Waals surface area (Å²) in [7, 11) is -3.51. The van der Waals surface area contributed by atoms with Crippen LogP contribution >= 0.6 is 0 Å². The van der Waals surface area contributed by atoms with E-state index in [4.69, 9.17) is 0 Å². The zero-order chi connectivity index (χ0) is 25.8. The molecule has 12 heteroatoms. The number of nitrogens with one attached hydrogen (secondary N) is 1. The van der Waals surface area contributed by atoms with Gasteiger partial charge in [-0.1, -0.05) is 20.8 Å². The number of halogens is 4. The molecule has 0 radical (unpaired) electrons. The third-order valence-corrected chi connectivity index (χ3v) is 7.45. The molecule has 0 saturated heterocycles. The molecule has 1 saturated carbocycles. The van der Waals surface area contributed by atoms with Gasteiger partial charge in [-0.25, -0.2) is 27.5 Å². The number of aromatic nitrogens is 3. The standard InChI is InChI=1S/C23H23F4N5O2S/c1-22(2,3)12-32-11-13(10-30-35(33,34)14-4-5-14)15-8-17(24)20(31-21(15)32)19-16(23(25,26)27)6-7-29-18(19)9-28/h6-8,11,14,30H,4-5,10,12H2,1-3H3. The molecule has 0 aromatic carbocycles. The Bertz CT molecular complexity index is 1450. The zero-order valence-electron chi connectivity index (χ0n) is 19.2. The Morgan fingerprint density at radius 3 is 2.51 bits per heavy atom. The first-order chi connectivity index (χ1) is 16.2. The van der Waals surface area contributed by atoms with E-state index < -0.39 is 49.8 Å². The summed E-state index contributed by atoms with van der Waals surface area (Å²) >= 11 is 0. The first kappa shape index (κ1) is 25.1. The molecular formula is C23H23F4N5O2S. The van der Waals surface area contributed by atoms with Crippen LogP contribution in [0.25, 0.3) is 22.3 Å². The number of fused-ring (bicyclic) bond motifs is 1. The summed E-state index contributed by atoms with van der Waals surface area (Å²) in [6.45, 7) is 6.08. The number of sulfonamides is 1. The Morgan fingerprint density at radius 2 is 1.94 bits per heavy atom. The average molecular weight is 510 g/mol. The number of hydrogen-bond acceptors (Lipinski definition) is 5. The van der Waals surface area contributed by atoms with Crippen molar-refractivity contribution >= 4 is 21.1 Å². The topological polar surface area (TPSA) is 101 Å². The predicted octanol–water partition coefficient (Wildman–Crippen LogP) is 4.76. The number of alkyl halides is 3. The molecule has 1 aliphatic carbocycles. The number of nitrogens with zero attached hydrogens (tertiary/aromatic N) is 4. The number of pyridine rings is 2. The van der Waals surface area contributed by atoms with Gasteiger partial charge in [0.05, 0.1) is 16.4 Å². The van der Waals surface area contributed by atoms with Crippen LogP contribution in [-0.2, 0) is 29.3 Å². The van der Waals surface area contributed by atoms with Crippen LogP contribution in [0, 0.1) is 22.6 Å². The van der Waals surface area contributed by atoms with Gasteiger partial charge in [-0.15, -0.1) is 0 Å². The van der Waals surface area contributed by atoms with Gasteiger partial charge in [0.25, 0.3) is 0 Å². The maximum atomic E-state index is 15.3. The molecule has 35 heavy (non-hydrogen) atoms. The van der Waals surface area contributed by atoms with E-state index in [1.54, 1.807) is 16.8 Å². The Hall–Kier alpha value is -3.04. The molecule has 1 aliphatic rings. The minimum atomic E-state index is -4.87. The summed E-state index contributed by atoms with van der Waals surface area (Å²) in [6.07, 6.45) is -1.25. The number of hydrogen-bond donors (Lipinski definition) is 1. The first-order valence-corrected chi connectivity index (χ1v) is 12.4. The second-order valence-electron chi connectivity index (χ2n) is 9.79. The Kier molecular flexibility index (Phi) is 6.13. The fourth-order valence-electron chi connectivity index (χ4n) is 3.90. The van der Waals surface area contributed by atoms with Crippen LogP contribution < -0.4 is 4.72 Å². The summed E-state index contributed by atoms with van der Waals surface area (Å²) in [6, 6.07) is 3.30. The van der Waals surface area contributed by atoms with Crippen molar-refractivity contribution in [1.82, 2.24) is 19.3 Å². The Labute approximate surface area is 199 Å². The lowest BCUT2D eigenvalue weighted by atomic mass is 9.97. The van der Waals surface area contributed by atoms with Gasteiger partial charge in [0.2, 0.25) is 10.0 Å². The molecule has 0 bridgehead atoms. The molecule has 4 rings (SSSR count). The molecule has 1 N–H and O–H groups in total. The third-order valence-electron chi connectivity index (χ3n) is 5.56. The fourth-order valence-corrected chi connectivity index (χ4v) is 5.25. The van der Waals surface area contributed by atoms with E-state index in [-0.39, 0.29) is 23.0 Å². The van der Waals surface area contributed by atoms with Crippen molar-refractivity contribution in [3.63, 3.8) is 0 Å². The van der Waals surface area contributed by atoms with Crippen molar-refractivity contribution in [2.75, 3.05) is 0 Å². The van der Waals surface area contributed by atoms with Crippen LogP contribution in [0.15, 0.2) is 24.5 Å². The van der Waals surface area contributed by atoms with E-state index in [0.29, 0.717) is 31.0 Å². The third kappa shape index (κ3) is 5.16. The highest BCUT2D eigenvalue weighted by Gasteiger charge is 2.37. The van der Waals surface area contributed by atoms with Crippen molar-refractivity contribution in [1.29, 1.82) is 5.26 Å². The van der Waals surface area contributed by atoms with Crippen LogP contribution in [-0.4, -0.2) is 28.2 Å². The molecule has 3 aromatic rings. The summed E-state index contributed by atoms with van der Waals surface area (Å²) < 4.78 is 85.3. The molecule has 0 atom stereocenters. The van der Waals surface area contributed by atoms with Crippen molar-refractivity contribution in [3.05, 3.63) is 47.2 Å². The first-order valence-electron chi connectivity index (χ1n) is 10.8. The van der Waals surface area contributed by atoms with Crippen LogP contribution in [0.3, 0.4) is 0 Å². The van der Waals surface area contributed by atoms with Gasteiger partial charge in [-0.2, -0.15) is 18.4 Å². The number of rotatable bonds is 6. The molecule has 186 valence electrons. The molecule has 0 unspecified atom stereocenters. The predicted molar refractivity (Wildman–Crippen MR) is 121 cm³/mol. The molecule has 0 aliphatic heterocycles. The molecule has 0 spiro atoms. The summed E-state index contributed by atoms with van der Waals surface area (Å²) in [5, 5.41) is 9.21. The van der Waals surface area contributed by atoms with E-state index in [9.17, 15) is 26.9 Å². The second kappa shape index (κ2) is 8.57. The summed E-state index contributed by atoms with van der Waals surface area (Å²) in [4.78, 5) is 7.93. The second-order valence-corrected chi connectivity index (χ2v) is 11.8. The van der Waals surface area contributed by atoms with E-state index in [0.717, 1.165) is 12.3 Å². The SMILES string of the molecule is CC(C)(C)Cn1cc(CNS(=O)(=O)C2CC2)c2cc(F)c(-c3c(C(F)(F)F)ccnc3C#N)nc21. The highest BCUT2D eigenvalue weighted by Crippen LogP contribution is 2.39. The minimum absolute atomic E-state index is 0.114. The lowest BCUT2D eigenvalue weighted by molar-refractivity contribution is -0.137. The maximum Gasteiger partial charge on any atom is 0.417 e. The molecule has 7 nitrogen and oxygen atoms in total. The summed E-state index contributed by atoms with van der Waals surface area (Å²) in [5.74, 6) is -1.08. The van der Waals surface area contributed by atoms with Gasteiger partial charge in [0, 0.05) is 30.9 Å². The van der Waals surface area contributed by atoms with Crippen molar-refractivity contribution in [2.24, 2.45) is 5.41 Å². The monoisotopic (exact) mass is 509 g/mol. The largest absolute Gasteiger partial charge is 0.417 e. The average Bonchev–Trinajstić information content (AvgIpc) is 3.56. The molecule has 3 aromatic heterocycles. The highest BCUT2D eigenvalue weighted by atomic mass is 32.2. The van der Waals surface area contributed by atoms with Gasteiger partial charge in [0.1, 0.15) is 23.2 Å². The van der Waals surface area contributed by atoms with Gasteiger partial charge in [-0.3, -0.25) is 0 Å². The molecule has 0 amide bonds. The minimum Gasteiger partial charge on any atom is -0.332 e. The fraction of sp³-hybridized carbons (Fsp3) is 0.435. The van der Waals surface area contributed by atoms with Crippen LogP contribution in [0.5, 0.6) is 0 Å². The van der Waals surface area contributed by atoms with E-state index >= 15 is 4.39 Å². The van der Waals surface area contributed by atoms with Crippen LogP contribution in [0.1, 0.15) is 50.4 Å². The summed E-state index contributed by atoms with van der Waals surface area (Å²) in [5.41, 5.74) is -2.87. The van der Waals surface area contributed by atoms with Gasteiger partial charge in [0.15, 0.2) is 5.69 Å². The van der Waals surface area contributed by atoms with Crippen molar-refractivity contribution in [3.8, 4) is 17.3 Å². The van der Waals surface area contributed by atoms with E-state index in [2.05, 4.69) is 14.7 Å². The van der Waals surface area contributed by atoms with Crippen molar-refractivity contribution < 1.29 is 26.0 Å². The Morgan fingerprint density at radius 1 is 1.26 bits per heavy atom. The maximum absolute atomic E-state index is 15.3. The zero-order valence-corrected chi connectivity index (χ0v) is 20.1. The lowest BCUT2D eigenvalue weighted by Crippen LogP contribution is -2.26. The van der Waals surface area contributed by atoms with E-state index in [1.807, 2.05) is 20.8 Å². The van der Waals surface area contributed by atoms with Crippen LogP contribution in [0.2, 0.25) is 0 Å². The van der Waals surface area contributed by atoms with Gasteiger partial charge in [-0.05, 0) is 36.0 Å². The van der Waals surface area contributed by atoms with E-state index in [1.165, 1.54) is 0 Å². The Balaban J connectivity index is 1.91. The molecular weight excluding hydrogens is 486 g/mol. The van der Waals surface area contributed by atoms with Crippen LogP contribution in [0.4, 0.5) is 17.6 Å². The van der Waals surface area contributed by atoms with Gasteiger partial charge < -0.3 is 4.57 Å². The highest BCUT2D eigenvalue weighted by molar-refractivity contribution is 7.90. The molecule has 3 heterocycles. The number of nitriles is 1. The van der Waals surface area contributed by atoms with Gasteiger partial charge >= 0.3 is 6.18 Å². The molecule has 1 fully saturated rings. The smallest absolute Gasteiger partial charge is 0.332 e. The normalized spacial score (nSPS) is 14.9. The van der Waals surface area contributed by atoms with Crippen molar-refractivity contribution in [2.45, 2.75) is 58.1 Å². The quantitative estimate of drug-likeness (QED) is 0.483.